The van der Waals surface area contributed by atoms with Crippen LogP contribution in [-0.4, -0.2) is 43.3 Å². The molecule has 5 heteroatoms. The molecular formula is C11H16O5. The topological polar surface area (TPSA) is 54.0 Å². The van der Waals surface area contributed by atoms with E-state index in [1.807, 2.05) is 13.8 Å². The molecule has 3 fully saturated rings. The first-order valence-electron chi connectivity index (χ1n) is 5.61. The van der Waals surface area contributed by atoms with Crippen LogP contribution in [0.2, 0.25) is 0 Å². The fourth-order valence-electron chi connectivity index (χ4n) is 3.00. The molecule has 0 N–H and O–H groups in total. The maximum Gasteiger partial charge on any atom is 0.311 e. The van der Waals surface area contributed by atoms with E-state index in [2.05, 4.69) is 0 Å². The average Bonchev–Trinajstić information content (AvgIpc) is 2.83. The number of hydrogen-bond donors (Lipinski definition) is 0. The standard InChI is InChI=1S/C11H16O5/c1-11(2)15-8-6-4-5(10(12)13-3)7(14-6)9(8)16-11/h5-9H,4H2,1-3H3/t5-,6-,7+,8-,9+/m1/s1. The van der Waals surface area contributed by atoms with Crippen LogP contribution in [0.1, 0.15) is 20.3 Å². The molecule has 0 aromatic rings. The first-order chi connectivity index (χ1) is 7.52. The maximum absolute atomic E-state index is 11.6. The van der Waals surface area contributed by atoms with Crippen molar-refractivity contribution >= 4 is 5.97 Å². The fourth-order valence-corrected chi connectivity index (χ4v) is 3.00. The predicted molar refractivity (Wildman–Crippen MR) is 52.6 cm³/mol. The maximum atomic E-state index is 11.6. The molecule has 5 atom stereocenters. The lowest BCUT2D eigenvalue weighted by Gasteiger charge is -2.23. The summed E-state index contributed by atoms with van der Waals surface area (Å²) in [4.78, 5) is 11.6. The van der Waals surface area contributed by atoms with Gasteiger partial charge in [-0.1, -0.05) is 0 Å². The van der Waals surface area contributed by atoms with E-state index in [9.17, 15) is 4.79 Å². The Hall–Kier alpha value is -0.650. The van der Waals surface area contributed by atoms with Crippen molar-refractivity contribution in [3.8, 4) is 0 Å². The third-order valence-electron chi connectivity index (χ3n) is 3.57. The van der Waals surface area contributed by atoms with Gasteiger partial charge in [0.1, 0.15) is 18.3 Å². The number of ether oxygens (including phenoxy) is 4. The number of fused-ring (bicyclic) bond motifs is 5. The van der Waals surface area contributed by atoms with Gasteiger partial charge in [-0.05, 0) is 20.3 Å². The van der Waals surface area contributed by atoms with Gasteiger partial charge in [0.25, 0.3) is 0 Å². The van der Waals surface area contributed by atoms with Crippen molar-refractivity contribution in [2.75, 3.05) is 7.11 Å². The van der Waals surface area contributed by atoms with Crippen molar-refractivity contribution < 1.29 is 23.7 Å². The summed E-state index contributed by atoms with van der Waals surface area (Å²) in [5.41, 5.74) is 0. The van der Waals surface area contributed by atoms with Crippen molar-refractivity contribution in [2.45, 2.75) is 50.5 Å². The van der Waals surface area contributed by atoms with E-state index in [1.165, 1.54) is 7.11 Å². The summed E-state index contributed by atoms with van der Waals surface area (Å²) >= 11 is 0. The van der Waals surface area contributed by atoms with Crippen molar-refractivity contribution in [2.24, 2.45) is 5.92 Å². The van der Waals surface area contributed by atoms with E-state index in [4.69, 9.17) is 18.9 Å². The van der Waals surface area contributed by atoms with Crippen LogP contribution in [-0.2, 0) is 23.7 Å². The second-order valence-electron chi connectivity index (χ2n) is 5.07. The Morgan fingerprint density at radius 2 is 1.94 bits per heavy atom. The molecule has 5 nitrogen and oxygen atoms in total. The van der Waals surface area contributed by atoms with Gasteiger partial charge >= 0.3 is 5.97 Å². The van der Waals surface area contributed by atoms with E-state index < -0.39 is 5.79 Å². The molecule has 3 aliphatic heterocycles. The normalized spacial score (nSPS) is 48.1. The summed E-state index contributed by atoms with van der Waals surface area (Å²) in [5.74, 6) is -0.978. The molecule has 0 aliphatic carbocycles. The molecule has 90 valence electrons. The first kappa shape index (κ1) is 10.5. The van der Waals surface area contributed by atoms with Crippen molar-refractivity contribution in [3.05, 3.63) is 0 Å². The summed E-state index contributed by atoms with van der Waals surface area (Å²) < 4.78 is 22.0. The molecule has 0 saturated carbocycles. The van der Waals surface area contributed by atoms with Crippen molar-refractivity contribution in [1.29, 1.82) is 0 Å². The molecule has 0 spiro atoms. The number of carbonyl (C=O) groups excluding carboxylic acids is 1. The van der Waals surface area contributed by atoms with Crippen LogP contribution in [0.3, 0.4) is 0 Å². The average molecular weight is 228 g/mol. The van der Waals surface area contributed by atoms with Crippen LogP contribution >= 0.6 is 0 Å². The van der Waals surface area contributed by atoms with E-state index in [-0.39, 0.29) is 36.3 Å². The predicted octanol–water partition coefficient (Wildman–Crippen LogP) is 0.467. The van der Waals surface area contributed by atoms with Gasteiger partial charge in [0.05, 0.1) is 19.1 Å². The molecule has 16 heavy (non-hydrogen) atoms. The molecule has 3 rings (SSSR count). The van der Waals surface area contributed by atoms with Crippen LogP contribution in [0.5, 0.6) is 0 Å². The minimum absolute atomic E-state index is 0.0269. The van der Waals surface area contributed by atoms with Gasteiger partial charge in [0.2, 0.25) is 0 Å². The molecule has 0 aromatic carbocycles. The third-order valence-corrected chi connectivity index (χ3v) is 3.57. The molecule has 3 aliphatic rings. The molecule has 3 heterocycles. The van der Waals surface area contributed by atoms with Gasteiger partial charge in [0, 0.05) is 0 Å². The number of carbonyl (C=O) groups is 1. The molecule has 2 bridgehead atoms. The Morgan fingerprint density at radius 3 is 2.62 bits per heavy atom. The second-order valence-corrected chi connectivity index (χ2v) is 5.07. The Labute approximate surface area is 94.0 Å². The zero-order chi connectivity index (χ0) is 11.5. The quantitative estimate of drug-likeness (QED) is 0.610. The van der Waals surface area contributed by atoms with Crippen LogP contribution in [0.4, 0.5) is 0 Å². The highest BCUT2D eigenvalue weighted by atomic mass is 16.8. The van der Waals surface area contributed by atoms with Crippen molar-refractivity contribution in [3.63, 3.8) is 0 Å². The van der Waals surface area contributed by atoms with E-state index in [0.29, 0.717) is 6.42 Å². The Morgan fingerprint density at radius 1 is 1.25 bits per heavy atom. The first-order valence-corrected chi connectivity index (χ1v) is 5.61. The SMILES string of the molecule is COC(=O)[C@@H]1C[C@H]2O[C@@H]1[C@@H]1OC(C)(C)O[C@@H]12. The minimum atomic E-state index is -0.569. The number of hydrogen-bond acceptors (Lipinski definition) is 5. The highest BCUT2D eigenvalue weighted by Crippen LogP contribution is 2.48. The van der Waals surface area contributed by atoms with Gasteiger partial charge in [0.15, 0.2) is 5.79 Å². The lowest BCUT2D eigenvalue weighted by atomic mass is 9.85. The van der Waals surface area contributed by atoms with Crippen LogP contribution < -0.4 is 0 Å². The summed E-state index contributed by atoms with van der Waals surface area (Å²) in [7, 11) is 1.40. The van der Waals surface area contributed by atoms with Crippen LogP contribution in [0.25, 0.3) is 0 Å². The van der Waals surface area contributed by atoms with Gasteiger partial charge in [-0.2, -0.15) is 0 Å². The number of rotatable bonds is 1. The molecule has 0 unspecified atom stereocenters. The van der Waals surface area contributed by atoms with Crippen LogP contribution in [0.15, 0.2) is 0 Å². The summed E-state index contributed by atoms with van der Waals surface area (Å²) in [6.07, 6.45) is 0.293. The van der Waals surface area contributed by atoms with Gasteiger partial charge < -0.3 is 18.9 Å². The highest BCUT2D eigenvalue weighted by molar-refractivity contribution is 5.74. The van der Waals surface area contributed by atoms with Gasteiger partial charge in [-0.15, -0.1) is 0 Å². The zero-order valence-electron chi connectivity index (χ0n) is 9.64. The Bertz CT molecular complexity index is 326. The lowest BCUT2D eigenvalue weighted by Crippen LogP contribution is -2.42. The molecule has 0 amide bonds. The van der Waals surface area contributed by atoms with E-state index in [1.54, 1.807) is 0 Å². The molecule has 0 radical (unpaired) electrons. The third kappa shape index (κ3) is 1.31. The minimum Gasteiger partial charge on any atom is -0.469 e. The van der Waals surface area contributed by atoms with Crippen LogP contribution in [0, 0.1) is 5.92 Å². The highest BCUT2D eigenvalue weighted by Gasteiger charge is 2.63. The van der Waals surface area contributed by atoms with Gasteiger partial charge in [-0.3, -0.25) is 4.79 Å². The lowest BCUT2D eigenvalue weighted by molar-refractivity contribution is -0.180. The Balaban J connectivity index is 1.80. The molecule has 3 saturated heterocycles. The van der Waals surface area contributed by atoms with Crippen molar-refractivity contribution in [1.82, 2.24) is 0 Å². The second kappa shape index (κ2) is 3.18. The Kier molecular flexibility index (Phi) is 2.09. The fraction of sp³-hybridized carbons (Fsp3) is 0.909. The summed E-state index contributed by atoms with van der Waals surface area (Å²) in [6, 6.07) is 0. The smallest absolute Gasteiger partial charge is 0.311 e. The van der Waals surface area contributed by atoms with E-state index >= 15 is 0 Å². The van der Waals surface area contributed by atoms with E-state index in [0.717, 1.165) is 0 Å². The monoisotopic (exact) mass is 228 g/mol. The zero-order valence-corrected chi connectivity index (χ0v) is 9.64. The van der Waals surface area contributed by atoms with Gasteiger partial charge in [-0.25, -0.2) is 0 Å². The molecule has 0 aromatic heterocycles. The largest absolute Gasteiger partial charge is 0.469 e. The summed E-state index contributed by atoms with van der Waals surface area (Å²) in [6.45, 7) is 3.77. The summed E-state index contributed by atoms with van der Waals surface area (Å²) in [5, 5.41) is 0. The number of esters is 1. The molecular weight excluding hydrogens is 212 g/mol. The number of methoxy groups -OCH3 is 1.